The van der Waals surface area contributed by atoms with Crippen molar-refractivity contribution in [3.8, 4) is 16.3 Å². The number of aromatic nitrogens is 1. The van der Waals surface area contributed by atoms with E-state index in [0.29, 0.717) is 17.7 Å². The summed E-state index contributed by atoms with van der Waals surface area (Å²) in [6.45, 7) is 3.61. The lowest BCUT2D eigenvalue weighted by Crippen LogP contribution is -2.16. The molecule has 8 heteroatoms. The molecule has 0 saturated heterocycles. The predicted molar refractivity (Wildman–Crippen MR) is 93.6 cm³/mol. The van der Waals surface area contributed by atoms with Gasteiger partial charge in [0.05, 0.1) is 5.39 Å². The minimum atomic E-state index is -4.86. The number of hydrogen-bond donors (Lipinski definition) is 1. The number of unbranched alkanes of at least 4 members (excludes halogenated alkanes) is 1. The number of nitrogens with zero attached hydrogens (tertiary/aromatic N) is 1. The van der Waals surface area contributed by atoms with Crippen LogP contribution in [0.4, 0.5) is 13.2 Å². The molecule has 26 heavy (non-hydrogen) atoms. The van der Waals surface area contributed by atoms with Crippen LogP contribution in [0.3, 0.4) is 0 Å². The number of alkyl halides is 3. The maximum atomic E-state index is 13.5. The Balaban J connectivity index is 2.34. The Bertz CT molecular complexity index is 1020. The van der Waals surface area contributed by atoms with Crippen LogP contribution in [0.2, 0.25) is 0 Å². The molecule has 1 N–H and O–H groups in total. The highest BCUT2D eigenvalue weighted by Gasteiger charge is 2.40. The van der Waals surface area contributed by atoms with E-state index in [2.05, 4.69) is 4.98 Å². The highest BCUT2D eigenvalue weighted by Crippen LogP contribution is 2.39. The van der Waals surface area contributed by atoms with Crippen LogP contribution in [-0.4, -0.2) is 10.1 Å². The van der Waals surface area contributed by atoms with Crippen molar-refractivity contribution in [2.75, 3.05) is 0 Å². The van der Waals surface area contributed by atoms with Gasteiger partial charge in [-0.05, 0) is 31.4 Å². The number of hydrogen-bond acceptors (Lipinski definition) is 5. The van der Waals surface area contributed by atoms with Gasteiger partial charge in [-0.3, -0.25) is 4.79 Å². The van der Waals surface area contributed by atoms with Gasteiger partial charge in [0.2, 0.25) is 11.2 Å². The molecule has 0 aliphatic rings. The molecule has 4 nitrogen and oxygen atoms in total. The minimum Gasteiger partial charge on any atom is -0.508 e. The summed E-state index contributed by atoms with van der Waals surface area (Å²) in [6.07, 6.45) is -2.69. The fraction of sp³-hybridized carbons (Fsp3) is 0.333. The fourth-order valence-corrected chi connectivity index (χ4v) is 3.54. The van der Waals surface area contributed by atoms with Gasteiger partial charge in [0, 0.05) is 17.1 Å². The van der Waals surface area contributed by atoms with Crippen LogP contribution in [0.1, 0.15) is 36.8 Å². The Kier molecular flexibility index (Phi) is 4.79. The molecule has 0 radical (unpaired) electrons. The van der Waals surface area contributed by atoms with E-state index in [0.717, 1.165) is 30.2 Å². The summed E-state index contributed by atoms with van der Waals surface area (Å²) >= 11 is 0.956. The number of aryl methyl sites for hydroxylation is 2. The standard InChI is InChI=1S/C18H16F3NO3S/c1-3-4-5-10-6-11-13(7-12(10)23)25-16(18(19,20)21)14(15(11)24)17-22-9(2)8-26-17/h6-8,23H,3-5H2,1-2H3. The molecular formula is C18H16F3NO3S. The van der Waals surface area contributed by atoms with Gasteiger partial charge in [-0.25, -0.2) is 4.98 Å². The summed E-state index contributed by atoms with van der Waals surface area (Å²) in [5, 5.41) is 11.6. The van der Waals surface area contributed by atoms with Crippen molar-refractivity contribution in [3.63, 3.8) is 0 Å². The first-order valence-corrected chi connectivity index (χ1v) is 8.92. The number of halogens is 3. The first kappa shape index (κ1) is 18.4. The van der Waals surface area contributed by atoms with Gasteiger partial charge >= 0.3 is 6.18 Å². The number of rotatable bonds is 4. The number of benzene rings is 1. The smallest absolute Gasteiger partial charge is 0.450 e. The van der Waals surface area contributed by atoms with Gasteiger partial charge < -0.3 is 9.52 Å². The van der Waals surface area contributed by atoms with Crippen LogP contribution in [0, 0.1) is 6.92 Å². The summed E-state index contributed by atoms with van der Waals surface area (Å²) in [5.41, 5.74) is -0.655. The molecule has 3 rings (SSSR count). The molecule has 2 heterocycles. The van der Waals surface area contributed by atoms with Crippen molar-refractivity contribution >= 4 is 22.3 Å². The molecule has 0 aliphatic carbocycles. The lowest BCUT2D eigenvalue weighted by atomic mass is 10.0. The maximum absolute atomic E-state index is 13.5. The molecular weight excluding hydrogens is 367 g/mol. The maximum Gasteiger partial charge on any atom is 0.450 e. The van der Waals surface area contributed by atoms with Crippen LogP contribution < -0.4 is 5.43 Å². The normalized spacial score (nSPS) is 12.0. The molecule has 138 valence electrons. The van der Waals surface area contributed by atoms with Gasteiger partial charge in [-0.15, -0.1) is 11.3 Å². The summed E-state index contributed by atoms with van der Waals surface area (Å²) in [6, 6.07) is 2.49. The van der Waals surface area contributed by atoms with E-state index in [1.54, 1.807) is 12.3 Å². The van der Waals surface area contributed by atoms with E-state index >= 15 is 0 Å². The van der Waals surface area contributed by atoms with Crippen LogP contribution in [0.15, 0.2) is 26.7 Å². The van der Waals surface area contributed by atoms with E-state index in [9.17, 15) is 23.1 Å². The molecule has 0 bridgehead atoms. The molecule has 0 fully saturated rings. The van der Waals surface area contributed by atoms with Crippen molar-refractivity contribution in [1.29, 1.82) is 0 Å². The first-order valence-electron chi connectivity index (χ1n) is 8.04. The molecule has 0 spiro atoms. The molecule has 3 aromatic rings. The summed E-state index contributed by atoms with van der Waals surface area (Å²) < 4.78 is 45.5. The zero-order valence-corrected chi connectivity index (χ0v) is 14.9. The van der Waals surface area contributed by atoms with Crippen LogP contribution in [0.5, 0.6) is 5.75 Å². The molecule has 0 atom stereocenters. The molecule has 1 aromatic carbocycles. The van der Waals surface area contributed by atoms with E-state index < -0.39 is 22.9 Å². The highest BCUT2D eigenvalue weighted by atomic mass is 32.1. The zero-order chi connectivity index (χ0) is 19.1. The third-order valence-corrected chi connectivity index (χ3v) is 4.96. The van der Waals surface area contributed by atoms with Crippen molar-refractivity contribution in [2.24, 2.45) is 0 Å². The molecule has 2 aromatic heterocycles. The second-order valence-corrected chi connectivity index (χ2v) is 6.87. The molecule has 0 amide bonds. The average Bonchev–Trinajstić information content (AvgIpc) is 2.98. The predicted octanol–water partition coefficient (Wildman–Crippen LogP) is 5.29. The van der Waals surface area contributed by atoms with Crippen LogP contribution >= 0.6 is 11.3 Å². The quantitative estimate of drug-likeness (QED) is 0.665. The fourth-order valence-electron chi connectivity index (χ4n) is 2.70. The number of phenolic OH excluding ortho intramolecular Hbond substituents is 1. The first-order chi connectivity index (χ1) is 12.2. The number of thiazole rings is 1. The van der Waals surface area contributed by atoms with E-state index in [1.807, 2.05) is 6.92 Å². The Morgan fingerprint density at radius 2 is 2.04 bits per heavy atom. The third-order valence-electron chi connectivity index (χ3n) is 3.98. The topological polar surface area (TPSA) is 63.3 Å². The van der Waals surface area contributed by atoms with Gasteiger partial charge in [0.15, 0.2) is 0 Å². The third kappa shape index (κ3) is 3.33. The second-order valence-electron chi connectivity index (χ2n) is 6.01. The number of aromatic hydroxyl groups is 1. The summed E-state index contributed by atoms with van der Waals surface area (Å²) in [4.78, 5) is 16.9. The van der Waals surface area contributed by atoms with E-state index in [1.165, 1.54) is 6.07 Å². The summed E-state index contributed by atoms with van der Waals surface area (Å²) in [5.74, 6) is -1.58. The second kappa shape index (κ2) is 6.75. The van der Waals surface area contributed by atoms with Crippen LogP contribution in [-0.2, 0) is 12.6 Å². The molecule has 0 saturated carbocycles. The van der Waals surface area contributed by atoms with Crippen molar-refractivity contribution in [3.05, 3.63) is 44.8 Å². The van der Waals surface area contributed by atoms with Crippen LogP contribution in [0.25, 0.3) is 21.5 Å². The Labute approximate surface area is 150 Å². The Morgan fingerprint density at radius 1 is 1.31 bits per heavy atom. The van der Waals surface area contributed by atoms with Gasteiger partial charge in [0.25, 0.3) is 0 Å². The SMILES string of the molecule is CCCCc1cc2c(=O)c(-c3nc(C)cs3)c(C(F)(F)F)oc2cc1O. The zero-order valence-electron chi connectivity index (χ0n) is 14.1. The van der Waals surface area contributed by atoms with Gasteiger partial charge in [-0.2, -0.15) is 13.2 Å². The minimum absolute atomic E-state index is 0.00440. The lowest BCUT2D eigenvalue weighted by Gasteiger charge is -2.12. The van der Waals surface area contributed by atoms with Crippen molar-refractivity contribution in [1.82, 2.24) is 4.98 Å². The average molecular weight is 383 g/mol. The number of fused-ring (bicyclic) bond motifs is 1. The highest BCUT2D eigenvalue weighted by molar-refractivity contribution is 7.13. The Hall–Kier alpha value is -2.35. The Morgan fingerprint density at radius 3 is 2.62 bits per heavy atom. The monoisotopic (exact) mass is 383 g/mol. The largest absolute Gasteiger partial charge is 0.508 e. The lowest BCUT2D eigenvalue weighted by molar-refractivity contribution is -0.152. The van der Waals surface area contributed by atoms with E-state index in [4.69, 9.17) is 4.42 Å². The molecule has 0 unspecified atom stereocenters. The number of phenols is 1. The van der Waals surface area contributed by atoms with E-state index in [-0.39, 0.29) is 21.7 Å². The molecule has 0 aliphatic heterocycles. The van der Waals surface area contributed by atoms with Crippen molar-refractivity contribution in [2.45, 2.75) is 39.3 Å². The van der Waals surface area contributed by atoms with Crippen molar-refractivity contribution < 1.29 is 22.7 Å². The van der Waals surface area contributed by atoms with Gasteiger partial charge in [-0.1, -0.05) is 13.3 Å². The van der Waals surface area contributed by atoms with Gasteiger partial charge in [0.1, 0.15) is 21.9 Å². The summed E-state index contributed by atoms with van der Waals surface area (Å²) in [7, 11) is 0.